The zero-order chi connectivity index (χ0) is 15.9. The molecule has 0 aliphatic heterocycles. The Morgan fingerprint density at radius 3 is 2.86 bits per heavy atom. The highest BCUT2D eigenvalue weighted by Gasteiger charge is 2.19. The number of halogens is 2. The van der Waals surface area contributed by atoms with Crippen LogP contribution in [-0.2, 0) is 16.0 Å². The Morgan fingerprint density at radius 1 is 1.41 bits per heavy atom. The second-order valence-corrected chi connectivity index (χ2v) is 5.81. The van der Waals surface area contributed by atoms with E-state index < -0.39 is 0 Å². The number of ether oxygens (including phenoxy) is 2. The third-order valence-corrected chi connectivity index (χ3v) is 3.68. The van der Waals surface area contributed by atoms with E-state index in [0.29, 0.717) is 23.2 Å². The summed E-state index contributed by atoms with van der Waals surface area (Å²) in [6.07, 6.45) is 5.72. The summed E-state index contributed by atoms with van der Waals surface area (Å²) in [6.45, 7) is 3.03. The molecule has 118 valence electrons. The molecule has 7 heteroatoms. The fourth-order valence-corrected chi connectivity index (χ4v) is 2.61. The minimum Gasteiger partial charge on any atom is -0.457 e. The highest BCUT2D eigenvalue weighted by Crippen LogP contribution is 2.30. The minimum atomic E-state index is -0.386. The molecule has 0 saturated carbocycles. The lowest BCUT2D eigenvalue weighted by molar-refractivity contribution is 0.106. The van der Waals surface area contributed by atoms with Crippen molar-refractivity contribution in [3.63, 3.8) is 0 Å². The van der Waals surface area contributed by atoms with Crippen molar-refractivity contribution in [3.05, 3.63) is 52.5 Å². The van der Waals surface area contributed by atoms with Crippen LogP contribution in [0, 0.1) is 0 Å². The molecular weight excluding hydrogens is 343 g/mol. The second-order valence-electron chi connectivity index (χ2n) is 4.63. The van der Waals surface area contributed by atoms with Gasteiger partial charge in [0.2, 0.25) is 0 Å². The predicted molar refractivity (Wildman–Crippen MR) is 91.4 cm³/mol. The van der Waals surface area contributed by atoms with Gasteiger partial charge in [-0.25, -0.2) is 4.98 Å². The van der Waals surface area contributed by atoms with Gasteiger partial charge < -0.3 is 14.0 Å². The highest BCUT2D eigenvalue weighted by molar-refractivity contribution is 7.79. The van der Waals surface area contributed by atoms with Gasteiger partial charge in [-0.05, 0) is 18.6 Å². The van der Waals surface area contributed by atoms with Crippen molar-refractivity contribution in [1.29, 1.82) is 0 Å². The number of aromatic nitrogens is 2. The maximum atomic E-state index is 6.28. The maximum absolute atomic E-state index is 6.28. The molecule has 0 bridgehead atoms. The van der Waals surface area contributed by atoms with Crippen LogP contribution in [0.2, 0.25) is 10.0 Å². The van der Waals surface area contributed by atoms with Crippen molar-refractivity contribution in [3.8, 4) is 0 Å². The van der Waals surface area contributed by atoms with E-state index in [2.05, 4.69) is 4.98 Å². The third-order valence-electron chi connectivity index (χ3n) is 2.91. The number of thiocarbonyl (C=S) groups is 1. The monoisotopic (exact) mass is 358 g/mol. The van der Waals surface area contributed by atoms with Gasteiger partial charge >= 0.3 is 5.24 Å². The molecule has 0 N–H and O–H groups in total. The molecule has 2 rings (SSSR count). The molecule has 1 aromatic heterocycles. The van der Waals surface area contributed by atoms with Crippen molar-refractivity contribution >= 4 is 40.7 Å². The standard InChI is InChI=1S/C15H16Cl2N2O2S/c1-2-7-20-15(22)21-14(9-19-6-5-18-10-19)12-4-3-11(16)8-13(12)17/h3-6,8,10,14H,2,7,9H2,1H3. The van der Waals surface area contributed by atoms with Crippen LogP contribution in [-0.4, -0.2) is 21.4 Å². The molecule has 0 spiro atoms. The molecule has 0 amide bonds. The zero-order valence-electron chi connectivity index (χ0n) is 12.0. The summed E-state index contributed by atoms with van der Waals surface area (Å²) in [5.74, 6) is 0. The quantitative estimate of drug-likeness (QED) is 0.703. The van der Waals surface area contributed by atoms with Crippen molar-refractivity contribution in [1.82, 2.24) is 9.55 Å². The lowest BCUT2D eigenvalue weighted by atomic mass is 10.1. The molecule has 1 aromatic carbocycles. The van der Waals surface area contributed by atoms with Crippen molar-refractivity contribution in [2.45, 2.75) is 26.0 Å². The SMILES string of the molecule is CCCOC(=S)OC(Cn1ccnc1)c1ccc(Cl)cc1Cl. The van der Waals surface area contributed by atoms with Crippen molar-refractivity contribution in [2.75, 3.05) is 6.61 Å². The molecule has 1 atom stereocenters. The Labute approximate surface area is 145 Å². The fourth-order valence-electron chi connectivity index (χ4n) is 1.88. The first-order chi connectivity index (χ1) is 10.6. The molecule has 1 heterocycles. The number of hydrogen-bond donors (Lipinski definition) is 0. The number of benzene rings is 1. The first-order valence-electron chi connectivity index (χ1n) is 6.84. The van der Waals surface area contributed by atoms with Gasteiger partial charge in [0.25, 0.3) is 0 Å². The molecule has 0 radical (unpaired) electrons. The van der Waals surface area contributed by atoms with E-state index in [1.54, 1.807) is 24.7 Å². The number of imidazole rings is 1. The van der Waals surface area contributed by atoms with E-state index in [-0.39, 0.29) is 11.3 Å². The molecule has 2 aromatic rings. The first-order valence-corrected chi connectivity index (χ1v) is 8.00. The molecule has 0 saturated heterocycles. The van der Waals surface area contributed by atoms with Crippen LogP contribution in [0.3, 0.4) is 0 Å². The van der Waals surface area contributed by atoms with Crippen LogP contribution in [0.5, 0.6) is 0 Å². The molecular formula is C15H16Cl2N2O2S. The normalized spacial score (nSPS) is 12.0. The minimum absolute atomic E-state index is 0.109. The van der Waals surface area contributed by atoms with E-state index in [1.807, 2.05) is 23.8 Å². The smallest absolute Gasteiger partial charge is 0.352 e. The van der Waals surface area contributed by atoms with Gasteiger partial charge in [0, 0.05) is 40.2 Å². The van der Waals surface area contributed by atoms with E-state index in [1.165, 1.54) is 0 Å². The van der Waals surface area contributed by atoms with Gasteiger partial charge in [-0.1, -0.05) is 36.2 Å². The summed E-state index contributed by atoms with van der Waals surface area (Å²) >= 11 is 17.3. The Morgan fingerprint density at radius 2 is 2.23 bits per heavy atom. The van der Waals surface area contributed by atoms with Crippen LogP contribution in [0.15, 0.2) is 36.9 Å². The van der Waals surface area contributed by atoms with Crippen molar-refractivity contribution < 1.29 is 9.47 Å². The van der Waals surface area contributed by atoms with Crippen LogP contribution in [0.4, 0.5) is 0 Å². The molecule has 4 nitrogen and oxygen atoms in total. The first kappa shape index (κ1) is 17.1. The number of hydrogen-bond acceptors (Lipinski definition) is 4. The number of rotatable bonds is 6. The van der Waals surface area contributed by atoms with E-state index in [9.17, 15) is 0 Å². The van der Waals surface area contributed by atoms with Crippen LogP contribution < -0.4 is 0 Å². The molecule has 0 aliphatic rings. The average Bonchev–Trinajstić information content (AvgIpc) is 2.97. The van der Waals surface area contributed by atoms with Crippen LogP contribution in [0.25, 0.3) is 0 Å². The van der Waals surface area contributed by atoms with Gasteiger partial charge in [0.1, 0.15) is 6.10 Å². The summed E-state index contributed by atoms with van der Waals surface area (Å²) in [6, 6.07) is 5.27. The average molecular weight is 359 g/mol. The summed E-state index contributed by atoms with van der Waals surface area (Å²) in [4.78, 5) is 4.02. The summed E-state index contributed by atoms with van der Waals surface area (Å²) in [7, 11) is 0. The van der Waals surface area contributed by atoms with Gasteiger partial charge in [0.05, 0.1) is 19.5 Å². The fraction of sp³-hybridized carbons (Fsp3) is 0.333. The third kappa shape index (κ3) is 4.87. The van der Waals surface area contributed by atoms with Crippen molar-refractivity contribution in [2.24, 2.45) is 0 Å². The molecule has 1 unspecified atom stereocenters. The number of nitrogens with zero attached hydrogens (tertiary/aromatic N) is 2. The zero-order valence-corrected chi connectivity index (χ0v) is 14.4. The lowest BCUT2D eigenvalue weighted by Gasteiger charge is -2.21. The van der Waals surface area contributed by atoms with Gasteiger partial charge in [-0.15, -0.1) is 0 Å². The Kier molecular flexibility index (Phi) is 6.49. The largest absolute Gasteiger partial charge is 0.457 e. The van der Waals surface area contributed by atoms with E-state index in [4.69, 9.17) is 44.9 Å². The Bertz CT molecular complexity index is 620. The van der Waals surface area contributed by atoms with Gasteiger partial charge in [-0.2, -0.15) is 0 Å². The van der Waals surface area contributed by atoms with Crippen LogP contribution in [0.1, 0.15) is 25.0 Å². The Hall–Kier alpha value is -1.30. The summed E-state index contributed by atoms with van der Waals surface area (Å²) < 4.78 is 13.0. The highest BCUT2D eigenvalue weighted by atomic mass is 35.5. The van der Waals surface area contributed by atoms with Gasteiger partial charge in [0.15, 0.2) is 0 Å². The van der Waals surface area contributed by atoms with E-state index >= 15 is 0 Å². The second kappa shape index (κ2) is 8.36. The van der Waals surface area contributed by atoms with Crippen LogP contribution >= 0.6 is 35.4 Å². The summed E-state index contributed by atoms with van der Waals surface area (Å²) in [5, 5.41) is 1.20. The maximum Gasteiger partial charge on any atom is 0.352 e. The molecule has 0 aliphatic carbocycles. The molecule has 0 fully saturated rings. The van der Waals surface area contributed by atoms with E-state index in [0.717, 1.165) is 12.0 Å². The molecule has 22 heavy (non-hydrogen) atoms. The predicted octanol–water partition coefficient (Wildman–Crippen LogP) is 4.66. The lowest BCUT2D eigenvalue weighted by Crippen LogP contribution is -2.17. The summed E-state index contributed by atoms with van der Waals surface area (Å²) in [5.41, 5.74) is 0.794. The Balaban J connectivity index is 2.18. The topological polar surface area (TPSA) is 36.3 Å². The van der Waals surface area contributed by atoms with Gasteiger partial charge in [-0.3, -0.25) is 0 Å².